The summed E-state index contributed by atoms with van der Waals surface area (Å²) in [6.45, 7) is 8.20. The minimum absolute atomic E-state index is 0.996. The SMILES string of the molecule is Cc1cc2nc(C)c(C)cc2nc1C. The zero-order valence-corrected chi connectivity index (χ0v) is 9.05. The number of nitrogens with zero attached hydrogens (tertiary/aromatic N) is 2. The summed E-state index contributed by atoms with van der Waals surface area (Å²) in [7, 11) is 0. The van der Waals surface area contributed by atoms with Gasteiger partial charge in [0.1, 0.15) is 0 Å². The van der Waals surface area contributed by atoms with Crippen LogP contribution in [0.1, 0.15) is 22.5 Å². The first-order chi connectivity index (χ1) is 6.58. The Morgan fingerprint density at radius 1 is 0.714 bits per heavy atom. The van der Waals surface area contributed by atoms with E-state index in [1.807, 2.05) is 13.8 Å². The van der Waals surface area contributed by atoms with Gasteiger partial charge < -0.3 is 0 Å². The number of fused-ring (bicyclic) bond motifs is 1. The Kier molecular flexibility index (Phi) is 1.99. The van der Waals surface area contributed by atoms with Crippen LogP contribution in [0.25, 0.3) is 11.0 Å². The lowest BCUT2D eigenvalue weighted by Crippen LogP contribution is -1.94. The van der Waals surface area contributed by atoms with E-state index in [2.05, 4.69) is 35.9 Å². The van der Waals surface area contributed by atoms with E-state index < -0.39 is 0 Å². The predicted octanol–water partition coefficient (Wildman–Crippen LogP) is 2.86. The molecule has 0 saturated heterocycles. The molecule has 2 rings (SSSR count). The summed E-state index contributed by atoms with van der Waals surface area (Å²) >= 11 is 0. The maximum atomic E-state index is 4.51. The normalized spacial score (nSPS) is 10.9. The van der Waals surface area contributed by atoms with E-state index in [-0.39, 0.29) is 0 Å². The van der Waals surface area contributed by atoms with Crippen molar-refractivity contribution in [2.75, 3.05) is 0 Å². The summed E-state index contributed by atoms with van der Waals surface area (Å²) in [6.07, 6.45) is 0. The van der Waals surface area contributed by atoms with E-state index in [0.29, 0.717) is 0 Å². The molecule has 0 fully saturated rings. The Bertz CT molecular complexity index is 412. The molecule has 0 amide bonds. The smallest absolute Gasteiger partial charge is 0.0892 e. The second-order valence-corrected chi connectivity index (χ2v) is 3.82. The maximum absolute atomic E-state index is 4.51. The second kappa shape index (κ2) is 3.05. The van der Waals surface area contributed by atoms with Crippen LogP contribution in [0.2, 0.25) is 0 Å². The van der Waals surface area contributed by atoms with E-state index in [9.17, 15) is 0 Å². The van der Waals surface area contributed by atoms with E-state index in [4.69, 9.17) is 0 Å². The first-order valence-corrected chi connectivity index (χ1v) is 4.80. The van der Waals surface area contributed by atoms with Crippen molar-refractivity contribution >= 4 is 11.0 Å². The fraction of sp³-hybridized carbons (Fsp3) is 0.333. The Balaban J connectivity index is 2.83. The van der Waals surface area contributed by atoms with Crippen LogP contribution in [0, 0.1) is 27.7 Å². The van der Waals surface area contributed by atoms with Gasteiger partial charge in [-0.2, -0.15) is 0 Å². The van der Waals surface area contributed by atoms with Crippen LogP contribution in [-0.2, 0) is 0 Å². The fourth-order valence-electron chi connectivity index (χ4n) is 1.48. The quantitative estimate of drug-likeness (QED) is 0.632. The molecule has 2 heterocycles. The first-order valence-electron chi connectivity index (χ1n) is 4.80. The van der Waals surface area contributed by atoms with Gasteiger partial charge in [0, 0.05) is 11.4 Å². The van der Waals surface area contributed by atoms with Crippen molar-refractivity contribution < 1.29 is 0 Å². The van der Waals surface area contributed by atoms with Gasteiger partial charge in [-0.1, -0.05) is 0 Å². The molecule has 0 N–H and O–H groups in total. The van der Waals surface area contributed by atoms with Crippen LogP contribution >= 0.6 is 0 Å². The van der Waals surface area contributed by atoms with Crippen LogP contribution in [0.15, 0.2) is 12.1 Å². The molecule has 0 bridgehead atoms. The summed E-state index contributed by atoms with van der Waals surface area (Å²) < 4.78 is 0. The zero-order chi connectivity index (χ0) is 10.3. The first kappa shape index (κ1) is 9.13. The van der Waals surface area contributed by atoms with Gasteiger partial charge in [0.2, 0.25) is 0 Å². The van der Waals surface area contributed by atoms with E-state index in [0.717, 1.165) is 22.4 Å². The van der Waals surface area contributed by atoms with Crippen molar-refractivity contribution in [2.24, 2.45) is 0 Å². The standard InChI is InChI=1S/C12H14N2/c1-7-5-11-12(13-9(7)3)6-8(2)10(4)14-11/h5-6H,1-4H3. The average molecular weight is 186 g/mol. The Morgan fingerprint density at radius 2 is 1.07 bits per heavy atom. The van der Waals surface area contributed by atoms with Crippen LogP contribution in [-0.4, -0.2) is 9.97 Å². The summed E-state index contributed by atoms with van der Waals surface area (Å²) in [5.41, 5.74) is 6.57. The third kappa shape index (κ3) is 1.37. The van der Waals surface area contributed by atoms with Gasteiger partial charge >= 0.3 is 0 Å². The monoisotopic (exact) mass is 186 g/mol. The van der Waals surface area contributed by atoms with Crippen LogP contribution in [0.4, 0.5) is 0 Å². The molecule has 0 radical (unpaired) electrons. The van der Waals surface area contributed by atoms with Gasteiger partial charge in [-0.25, -0.2) is 0 Å². The van der Waals surface area contributed by atoms with Crippen LogP contribution < -0.4 is 0 Å². The molecule has 0 spiro atoms. The van der Waals surface area contributed by atoms with Crippen LogP contribution in [0.5, 0.6) is 0 Å². The lowest BCUT2D eigenvalue weighted by atomic mass is 10.1. The molecule has 0 saturated carbocycles. The lowest BCUT2D eigenvalue weighted by Gasteiger charge is -2.05. The minimum atomic E-state index is 0.996. The number of hydrogen-bond donors (Lipinski definition) is 0. The van der Waals surface area contributed by atoms with Crippen molar-refractivity contribution in [1.29, 1.82) is 0 Å². The topological polar surface area (TPSA) is 25.8 Å². The van der Waals surface area contributed by atoms with Crippen molar-refractivity contribution in [3.8, 4) is 0 Å². The molecule has 2 aromatic rings. The Labute approximate surface area is 84.0 Å². The molecular formula is C12H14N2. The second-order valence-electron chi connectivity index (χ2n) is 3.82. The minimum Gasteiger partial charge on any atom is -0.251 e. The van der Waals surface area contributed by atoms with Crippen LogP contribution in [0.3, 0.4) is 0 Å². The molecule has 0 aliphatic rings. The van der Waals surface area contributed by atoms with Gasteiger partial charge in [-0.15, -0.1) is 0 Å². The molecule has 2 aromatic heterocycles. The highest BCUT2D eigenvalue weighted by atomic mass is 14.8. The van der Waals surface area contributed by atoms with Gasteiger partial charge in [-0.3, -0.25) is 9.97 Å². The van der Waals surface area contributed by atoms with Gasteiger partial charge in [0.15, 0.2) is 0 Å². The molecular weight excluding hydrogens is 172 g/mol. The summed E-state index contributed by atoms with van der Waals surface area (Å²) in [5, 5.41) is 0. The van der Waals surface area contributed by atoms with E-state index in [1.54, 1.807) is 0 Å². The number of hydrogen-bond acceptors (Lipinski definition) is 2. The van der Waals surface area contributed by atoms with Crippen molar-refractivity contribution in [3.05, 3.63) is 34.6 Å². The predicted molar refractivity (Wildman–Crippen MR) is 58.5 cm³/mol. The fourth-order valence-corrected chi connectivity index (χ4v) is 1.48. The third-order valence-electron chi connectivity index (χ3n) is 2.69. The molecule has 0 unspecified atom stereocenters. The average Bonchev–Trinajstić information content (AvgIpc) is 2.11. The number of aryl methyl sites for hydroxylation is 4. The molecule has 0 atom stereocenters. The molecule has 72 valence electrons. The summed E-state index contributed by atoms with van der Waals surface area (Å²) in [6, 6.07) is 4.20. The van der Waals surface area contributed by atoms with Crippen molar-refractivity contribution in [1.82, 2.24) is 9.97 Å². The van der Waals surface area contributed by atoms with Crippen molar-refractivity contribution in [3.63, 3.8) is 0 Å². The zero-order valence-electron chi connectivity index (χ0n) is 9.05. The summed E-state index contributed by atoms with van der Waals surface area (Å²) in [5.74, 6) is 0. The highest BCUT2D eigenvalue weighted by molar-refractivity contribution is 5.76. The van der Waals surface area contributed by atoms with Crippen molar-refractivity contribution in [2.45, 2.75) is 27.7 Å². The van der Waals surface area contributed by atoms with E-state index >= 15 is 0 Å². The van der Waals surface area contributed by atoms with E-state index in [1.165, 1.54) is 11.1 Å². The van der Waals surface area contributed by atoms with Gasteiger partial charge in [0.05, 0.1) is 11.0 Å². The van der Waals surface area contributed by atoms with Gasteiger partial charge in [0.25, 0.3) is 0 Å². The summed E-state index contributed by atoms with van der Waals surface area (Å²) in [4.78, 5) is 9.03. The number of rotatable bonds is 0. The number of aromatic nitrogens is 2. The molecule has 2 heteroatoms. The molecule has 14 heavy (non-hydrogen) atoms. The molecule has 0 aliphatic heterocycles. The Hall–Kier alpha value is -1.44. The number of pyridine rings is 2. The molecule has 0 aromatic carbocycles. The largest absolute Gasteiger partial charge is 0.251 e. The molecule has 2 nitrogen and oxygen atoms in total. The third-order valence-corrected chi connectivity index (χ3v) is 2.69. The van der Waals surface area contributed by atoms with Gasteiger partial charge in [-0.05, 0) is 51.0 Å². The lowest BCUT2D eigenvalue weighted by molar-refractivity contribution is 1.14. The maximum Gasteiger partial charge on any atom is 0.0892 e. The molecule has 0 aliphatic carbocycles. The Morgan fingerprint density at radius 3 is 1.43 bits per heavy atom. The highest BCUT2D eigenvalue weighted by Crippen LogP contribution is 2.16. The highest BCUT2D eigenvalue weighted by Gasteiger charge is 2.02.